The van der Waals surface area contributed by atoms with E-state index in [9.17, 15) is 14.0 Å². The third kappa shape index (κ3) is 5.05. The van der Waals surface area contributed by atoms with Crippen LogP contribution in [0.1, 0.15) is 50.5 Å². The van der Waals surface area contributed by atoms with Gasteiger partial charge in [0.15, 0.2) is 0 Å². The molecule has 0 spiro atoms. The second kappa shape index (κ2) is 9.15. The highest BCUT2D eigenvalue weighted by atomic mass is 19.1. The number of carbonyl (C=O) groups excluding carboxylic acids is 2. The number of carbonyl (C=O) groups is 2. The molecule has 1 aromatic carbocycles. The van der Waals surface area contributed by atoms with Gasteiger partial charge in [-0.15, -0.1) is 0 Å². The van der Waals surface area contributed by atoms with E-state index in [0.29, 0.717) is 25.3 Å². The monoisotopic (exact) mass is 360 g/mol. The van der Waals surface area contributed by atoms with Crippen molar-refractivity contribution in [2.24, 2.45) is 5.92 Å². The first-order chi connectivity index (χ1) is 12.6. The summed E-state index contributed by atoms with van der Waals surface area (Å²) < 4.78 is 13.8. The summed E-state index contributed by atoms with van der Waals surface area (Å²) >= 11 is 0. The lowest BCUT2D eigenvalue weighted by atomic mass is 9.91. The van der Waals surface area contributed by atoms with Gasteiger partial charge < -0.3 is 9.80 Å². The Morgan fingerprint density at radius 2 is 2.04 bits per heavy atom. The molecule has 3 rings (SSSR count). The normalized spacial score (nSPS) is 20.7. The van der Waals surface area contributed by atoms with E-state index in [0.717, 1.165) is 63.7 Å². The van der Waals surface area contributed by atoms with Gasteiger partial charge in [0.2, 0.25) is 11.8 Å². The molecule has 2 fully saturated rings. The molecule has 0 saturated carbocycles. The molecule has 2 aliphatic rings. The van der Waals surface area contributed by atoms with Gasteiger partial charge in [0.1, 0.15) is 5.82 Å². The van der Waals surface area contributed by atoms with Crippen molar-refractivity contribution in [3.63, 3.8) is 0 Å². The summed E-state index contributed by atoms with van der Waals surface area (Å²) in [7, 11) is 0. The number of rotatable bonds is 7. The van der Waals surface area contributed by atoms with Gasteiger partial charge in [-0.2, -0.15) is 0 Å². The number of aryl methyl sites for hydroxylation is 1. The Balaban J connectivity index is 1.40. The summed E-state index contributed by atoms with van der Waals surface area (Å²) in [6.45, 7) is 3.16. The van der Waals surface area contributed by atoms with Gasteiger partial charge in [-0.3, -0.25) is 9.59 Å². The molecule has 4 nitrogen and oxygen atoms in total. The summed E-state index contributed by atoms with van der Waals surface area (Å²) in [6.07, 6.45) is 6.67. The first-order valence-corrected chi connectivity index (χ1v) is 9.92. The SMILES string of the molecule is O=C1CCCN1CCCC(=O)N1CCC[C@@H](CCc2ccccc2F)C1. The molecule has 2 aliphatic heterocycles. The molecule has 0 unspecified atom stereocenters. The number of amides is 2. The van der Waals surface area contributed by atoms with Gasteiger partial charge in [0.05, 0.1) is 0 Å². The first-order valence-electron chi connectivity index (χ1n) is 9.92. The van der Waals surface area contributed by atoms with Crippen LogP contribution >= 0.6 is 0 Å². The maximum Gasteiger partial charge on any atom is 0.222 e. The lowest BCUT2D eigenvalue weighted by molar-refractivity contribution is -0.134. The zero-order valence-electron chi connectivity index (χ0n) is 15.5. The number of piperidine rings is 1. The second-order valence-corrected chi connectivity index (χ2v) is 7.57. The molecule has 1 atom stereocenters. The third-order valence-electron chi connectivity index (χ3n) is 5.64. The summed E-state index contributed by atoms with van der Waals surface area (Å²) in [5.41, 5.74) is 0.770. The van der Waals surface area contributed by atoms with E-state index in [2.05, 4.69) is 0 Å². The summed E-state index contributed by atoms with van der Waals surface area (Å²) in [4.78, 5) is 28.0. The van der Waals surface area contributed by atoms with Gasteiger partial charge in [0.25, 0.3) is 0 Å². The smallest absolute Gasteiger partial charge is 0.222 e. The van der Waals surface area contributed by atoms with Crippen LogP contribution in [0.3, 0.4) is 0 Å². The molecular formula is C21H29FN2O2. The highest BCUT2D eigenvalue weighted by molar-refractivity contribution is 5.78. The van der Waals surface area contributed by atoms with Gasteiger partial charge in [0, 0.05) is 39.0 Å². The topological polar surface area (TPSA) is 40.6 Å². The molecule has 2 heterocycles. The van der Waals surface area contributed by atoms with Crippen molar-refractivity contribution < 1.29 is 14.0 Å². The van der Waals surface area contributed by atoms with E-state index < -0.39 is 0 Å². The van der Waals surface area contributed by atoms with Crippen LogP contribution in [-0.4, -0.2) is 47.8 Å². The third-order valence-corrected chi connectivity index (χ3v) is 5.64. The average molecular weight is 360 g/mol. The Labute approximate surface area is 155 Å². The van der Waals surface area contributed by atoms with Crippen molar-refractivity contribution in [1.29, 1.82) is 0 Å². The van der Waals surface area contributed by atoms with E-state index in [1.807, 2.05) is 21.9 Å². The van der Waals surface area contributed by atoms with Gasteiger partial charge in [-0.25, -0.2) is 4.39 Å². The molecule has 1 aromatic rings. The number of likely N-dealkylation sites (tertiary alicyclic amines) is 2. The van der Waals surface area contributed by atoms with Crippen molar-refractivity contribution in [3.05, 3.63) is 35.6 Å². The summed E-state index contributed by atoms with van der Waals surface area (Å²) in [6, 6.07) is 6.95. The fourth-order valence-electron chi connectivity index (χ4n) is 4.11. The standard InChI is InChI=1S/C21H29FN2O2/c22-19-8-2-1-7-18(19)12-11-17-6-3-15-24(16-17)21(26)10-5-14-23-13-4-9-20(23)25/h1-2,7-8,17H,3-6,9-16H2/t17-/m0/s1. The van der Waals surface area contributed by atoms with Crippen molar-refractivity contribution in [2.75, 3.05) is 26.2 Å². The maximum absolute atomic E-state index is 13.8. The van der Waals surface area contributed by atoms with E-state index in [4.69, 9.17) is 0 Å². The zero-order valence-corrected chi connectivity index (χ0v) is 15.5. The Morgan fingerprint density at radius 1 is 1.19 bits per heavy atom. The van der Waals surface area contributed by atoms with E-state index in [1.165, 1.54) is 6.07 Å². The van der Waals surface area contributed by atoms with E-state index in [-0.39, 0.29) is 17.6 Å². The molecule has 2 saturated heterocycles. The molecule has 0 bridgehead atoms. The van der Waals surface area contributed by atoms with Crippen LogP contribution < -0.4 is 0 Å². The Hall–Kier alpha value is -1.91. The van der Waals surface area contributed by atoms with Crippen molar-refractivity contribution in [1.82, 2.24) is 9.80 Å². The molecular weight excluding hydrogens is 331 g/mol. The lowest BCUT2D eigenvalue weighted by Crippen LogP contribution is -2.40. The minimum Gasteiger partial charge on any atom is -0.343 e. The molecule has 0 N–H and O–H groups in total. The van der Waals surface area contributed by atoms with Crippen LogP contribution in [-0.2, 0) is 16.0 Å². The van der Waals surface area contributed by atoms with Crippen molar-refractivity contribution in [2.45, 2.75) is 51.4 Å². The molecule has 0 aromatic heterocycles. The van der Waals surface area contributed by atoms with Crippen LogP contribution in [0, 0.1) is 11.7 Å². The highest BCUT2D eigenvalue weighted by Crippen LogP contribution is 2.23. The highest BCUT2D eigenvalue weighted by Gasteiger charge is 2.24. The number of hydrogen-bond acceptors (Lipinski definition) is 2. The lowest BCUT2D eigenvalue weighted by Gasteiger charge is -2.33. The zero-order chi connectivity index (χ0) is 18.4. The second-order valence-electron chi connectivity index (χ2n) is 7.57. The minimum atomic E-state index is -0.132. The number of nitrogens with zero attached hydrogens (tertiary/aromatic N) is 2. The Bertz CT molecular complexity index is 634. The molecule has 0 aliphatic carbocycles. The fraction of sp³-hybridized carbons (Fsp3) is 0.619. The van der Waals surface area contributed by atoms with E-state index >= 15 is 0 Å². The Morgan fingerprint density at radius 3 is 2.81 bits per heavy atom. The van der Waals surface area contributed by atoms with Crippen molar-refractivity contribution >= 4 is 11.8 Å². The van der Waals surface area contributed by atoms with E-state index in [1.54, 1.807) is 6.07 Å². The molecule has 142 valence electrons. The number of halogens is 1. The van der Waals surface area contributed by atoms with Crippen molar-refractivity contribution in [3.8, 4) is 0 Å². The van der Waals surface area contributed by atoms with Crippen LogP contribution in [0.25, 0.3) is 0 Å². The number of benzene rings is 1. The van der Waals surface area contributed by atoms with Crippen LogP contribution in [0.2, 0.25) is 0 Å². The number of hydrogen-bond donors (Lipinski definition) is 0. The summed E-state index contributed by atoms with van der Waals surface area (Å²) in [5.74, 6) is 0.746. The van der Waals surface area contributed by atoms with Crippen LogP contribution in [0.4, 0.5) is 4.39 Å². The maximum atomic E-state index is 13.8. The predicted octanol–water partition coefficient (Wildman–Crippen LogP) is 3.40. The summed E-state index contributed by atoms with van der Waals surface area (Å²) in [5, 5.41) is 0. The van der Waals surface area contributed by atoms with Gasteiger partial charge in [-0.05, 0) is 56.1 Å². The molecule has 5 heteroatoms. The molecule has 2 amide bonds. The quantitative estimate of drug-likeness (QED) is 0.748. The molecule has 0 radical (unpaired) electrons. The van der Waals surface area contributed by atoms with Crippen LogP contribution in [0.5, 0.6) is 0 Å². The molecule has 26 heavy (non-hydrogen) atoms. The van der Waals surface area contributed by atoms with Gasteiger partial charge >= 0.3 is 0 Å². The van der Waals surface area contributed by atoms with Gasteiger partial charge in [-0.1, -0.05) is 18.2 Å². The first kappa shape index (κ1) is 18.9. The fourth-order valence-corrected chi connectivity index (χ4v) is 4.11. The predicted molar refractivity (Wildman–Crippen MR) is 99.1 cm³/mol. The average Bonchev–Trinajstić information content (AvgIpc) is 3.06. The van der Waals surface area contributed by atoms with Crippen LogP contribution in [0.15, 0.2) is 24.3 Å². The minimum absolute atomic E-state index is 0.132. The Kier molecular flexibility index (Phi) is 6.64. The largest absolute Gasteiger partial charge is 0.343 e.